The van der Waals surface area contributed by atoms with Crippen LogP contribution < -0.4 is 0 Å². The van der Waals surface area contributed by atoms with Gasteiger partial charge in [0.15, 0.2) is 37.0 Å². The summed E-state index contributed by atoms with van der Waals surface area (Å²) in [7, 11) is -2.67. The van der Waals surface area contributed by atoms with E-state index in [-0.39, 0.29) is 0 Å². The minimum Gasteiger partial charge on any atom is -0.309 e. The molecule has 0 amide bonds. The average molecular weight is 388 g/mol. The molecule has 0 aliphatic rings. The van der Waals surface area contributed by atoms with E-state index in [9.17, 15) is 26.3 Å². The Labute approximate surface area is 143 Å². The predicted molar refractivity (Wildman–Crippen MR) is 80.7 cm³/mol. The first-order chi connectivity index (χ1) is 11.8. The second-order valence-corrected chi connectivity index (χ2v) is 5.59. The molecule has 0 aromatic heterocycles. The lowest BCUT2D eigenvalue weighted by Gasteiger charge is -2.20. The van der Waals surface area contributed by atoms with Gasteiger partial charge in [0.05, 0.1) is 19.8 Å². The second-order valence-electron chi connectivity index (χ2n) is 4.36. The topological polar surface area (TPSA) is 27.7 Å². The number of hydrogen-bond donors (Lipinski definition) is 0. The number of hydrogen-bond acceptors (Lipinski definition) is 3. The molecule has 6 atom stereocenters. The Balaban J connectivity index is 4.63. The van der Waals surface area contributed by atoms with Gasteiger partial charge in [-0.1, -0.05) is 17.8 Å². The molecule has 0 bridgehead atoms. The van der Waals surface area contributed by atoms with Crippen LogP contribution in [-0.2, 0) is 13.6 Å². The maximum Gasteiger partial charge on any atom is 0.332 e. The minimum absolute atomic E-state index is 0.979. The Morgan fingerprint density at radius 1 is 0.600 bits per heavy atom. The van der Waals surface area contributed by atoms with Crippen LogP contribution >= 0.6 is 8.60 Å². The van der Waals surface area contributed by atoms with Crippen LogP contribution in [0.15, 0.2) is 0 Å². The van der Waals surface area contributed by atoms with E-state index < -0.39 is 65.5 Å². The smallest absolute Gasteiger partial charge is 0.309 e. The van der Waals surface area contributed by atoms with Crippen molar-refractivity contribution >= 4 is 8.60 Å². The van der Waals surface area contributed by atoms with Crippen LogP contribution in [0.1, 0.15) is 0 Å². The van der Waals surface area contributed by atoms with Crippen LogP contribution in [0.5, 0.6) is 0 Å². The van der Waals surface area contributed by atoms with Gasteiger partial charge < -0.3 is 13.6 Å². The third kappa shape index (κ3) is 9.58. The van der Waals surface area contributed by atoms with E-state index in [0.717, 1.165) is 0 Å². The fourth-order valence-corrected chi connectivity index (χ4v) is 2.09. The van der Waals surface area contributed by atoms with Gasteiger partial charge in [-0.3, -0.25) is 0 Å². The summed E-state index contributed by atoms with van der Waals surface area (Å²) in [5, 5.41) is 0. The highest BCUT2D eigenvalue weighted by molar-refractivity contribution is 7.41. The molecule has 0 rings (SSSR count). The molecule has 0 aliphatic heterocycles. The number of terminal acetylenes is 3. The van der Waals surface area contributed by atoms with Crippen molar-refractivity contribution in [2.24, 2.45) is 0 Å². The maximum atomic E-state index is 13.3. The van der Waals surface area contributed by atoms with Crippen LogP contribution in [0, 0.1) is 37.0 Å². The molecule has 0 saturated carbocycles. The van der Waals surface area contributed by atoms with Crippen molar-refractivity contribution < 1.29 is 39.9 Å². The van der Waals surface area contributed by atoms with Gasteiger partial charge >= 0.3 is 8.60 Å². The Morgan fingerprint density at radius 2 is 0.840 bits per heavy atom. The Bertz CT molecular complexity index is 432. The molecule has 0 aliphatic carbocycles. The average Bonchev–Trinajstić information content (AvgIpc) is 2.63. The molecule has 6 unspecified atom stereocenters. The molecule has 0 radical (unpaired) electrons. The minimum atomic E-state index is -2.67. The first-order valence-electron chi connectivity index (χ1n) is 6.68. The van der Waals surface area contributed by atoms with Gasteiger partial charge in [-0.25, -0.2) is 26.3 Å². The summed E-state index contributed by atoms with van der Waals surface area (Å²) >= 11 is 0. The van der Waals surface area contributed by atoms with E-state index in [1.54, 1.807) is 0 Å². The second kappa shape index (κ2) is 12.9. The largest absolute Gasteiger partial charge is 0.332 e. The van der Waals surface area contributed by atoms with E-state index in [0.29, 0.717) is 0 Å². The fourth-order valence-electron chi connectivity index (χ4n) is 1.07. The molecule has 10 heteroatoms. The number of alkyl halides is 6. The normalized spacial score (nSPS) is 19.3. The zero-order valence-corrected chi connectivity index (χ0v) is 13.7. The zero-order chi connectivity index (χ0) is 19.4. The standard InChI is InChI=1S/C15H15F6O3P/c1-4-10(16)13(19)7-22-25(23-8-14(20)11(17)5-2)24-9-15(21)12(18)6-3/h1-3,10-15H,7-9H2. The van der Waals surface area contributed by atoms with Gasteiger partial charge in [0.2, 0.25) is 0 Å². The van der Waals surface area contributed by atoms with Crippen molar-refractivity contribution in [3.8, 4) is 37.0 Å². The lowest BCUT2D eigenvalue weighted by atomic mass is 10.3. The van der Waals surface area contributed by atoms with Crippen LogP contribution in [0.4, 0.5) is 26.3 Å². The summed E-state index contributed by atoms with van der Waals surface area (Å²) in [6, 6.07) is 0. The first-order valence-corrected chi connectivity index (χ1v) is 7.78. The molecule has 25 heavy (non-hydrogen) atoms. The molecule has 0 heterocycles. The summed E-state index contributed by atoms with van der Waals surface area (Å²) in [4.78, 5) is 0. The summed E-state index contributed by atoms with van der Waals surface area (Å²) in [6.45, 7) is -2.94. The van der Waals surface area contributed by atoms with Gasteiger partial charge in [-0.2, -0.15) is 0 Å². The van der Waals surface area contributed by atoms with Crippen molar-refractivity contribution in [3.05, 3.63) is 0 Å². The van der Waals surface area contributed by atoms with E-state index in [1.165, 1.54) is 17.8 Å². The summed E-state index contributed by atoms with van der Waals surface area (Å²) in [6.07, 6.45) is 0.309. The van der Waals surface area contributed by atoms with Gasteiger partial charge in [-0.15, -0.1) is 19.3 Å². The van der Waals surface area contributed by atoms with E-state index in [4.69, 9.17) is 0 Å². The van der Waals surface area contributed by atoms with Gasteiger partial charge in [0.25, 0.3) is 0 Å². The van der Waals surface area contributed by atoms with Crippen molar-refractivity contribution in [2.45, 2.75) is 37.0 Å². The molecule has 0 spiro atoms. The Kier molecular flexibility index (Phi) is 12.1. The third-order valence-electron chi connectivity index (χ3n) is 2.45. The Hall–Kier alpha value is -1.43. The molecule has 0 fully saturated rings. The highest BCUT2D eigenvalue weighted by atomic mass is 31.2. The summed E-state index contributed by atoms with van der Waals surface area (Å²) in [5.41, 5.74) is 0. The van der Waals surface area contributed by atoms with Gasteiger partial charge in [-0.05, 0) is 0 Å². The van der Waals surface area contributed by atoms with Crippen molar-refractivity contribution in [1.29, 1.82) is 0 Å². The summed E-state index contributed by atoms with van der Waals surface area (Å²) in [5.74, 6) is 4.42. The van der Waals surface area contributed by atoms with Crippen LogP contribution in [0.25, 0.3) is 0 Å². The molecular formula is C15H15F6O3P. The van der Waals surface area contributed by atoms with E-state index in [2.05, 4.69) is 32.8 Å². The van der Waals surface area contributed by atoms with Crippen molar-refractivity contribution in [1.82, 2.24) is 0 Å². The molecule has 0 N–H and O–H groups in total. The zero-order valence-electron chi connectivity index (χ0n) is 12.8. The molecule has 0 aromatic rings. The Morgan fingerprint density at radius 3 is 1.04 bits per heavy atom. The molecule has 3 nitrogen and oxygen atoms in total. The third-order valence-corrected chi connectivity index (χ3v) is 3.53. The van der Waals surface area contributed by atoms with Gasteiger partial charge in [0.1, 0.15) is 0 Å². The van der Waals surface area contributed by atoms with Gasteiger partial charge in [0, 0.05) is 0 Å². The first kappa shape index (κ1) is 23.6. The van der Waals surface area contributed by atoms with Crippen LogP contribution in [0.3, 0.4) is 0 Å². The molecule has 140 valence electrons. The lowest BCUT2D eigenvalue weighted by Crippen LogP contribution is -2.24. The SMILES string of the molecule is C#CC(F)C(F)COP(OCC(F)C(F)C#C)OCC(F)C(F)C#C. The van der Waals surface area contributed by atoms with Crippen molar-refractivity contribution in [2.75, 3.05) is 19.8 Å². The number of halogens is 6. The summed E-state index contributed by atoms with van der Waals surface area (Å²) < 4.78 is 92.5. The van der Waals surface area contributed by atoms with E-state index >= 15 is 0 Å². The lowest BCUT2D eigenvalue weighted by molar-refractivity contribution is 0.0635. The molecule has 0 saturated heterocycles. The highest BCUT2D eigenvalue weighted by Crippen LogP contribution is 2.41. The molecule has 0 aromatic carbocycles. The highest BCUT2D eigenvalue weighted by Gasteiger charge is 2.27. The molecular weight excluding hydrogens is 373 g/mol. The number of rotatable bonds is 12. The van der Waals surface area contributed by atoms with Crippen LogP contribution in [-0.4, -0.2) is 56.9 Å². The quantitative estimate of drug-likeness (QED) is 0.292. The van der Waals surface area contributed by atoms with Crippen LogP contribution in [0.2, 0.25) is 0 Å². The monoisotopic (exact) mass is 388 g/mol. The van der Waals surface area contributed by atoms with E-state index in [1.807, 2.05) is 0 Å². The van der Waals surface area contributed by atoms with Crippen molar-refractivity contribution in [3.63, 3.8) is 0 Å². The predicted octanol–water partition coefficient (Wildman–Crippen LogP) is 3.19. The maximum absolute atomic E-state index is 13.3. The fraction of sp³-hybridized carbons (Fsp3) is 0.600.